The first-order valence-electron chi connectivity index (χ1n) is 9.22. The second-order valence-electron chi connectivity index (χ2n) is 8.24. The van der Waals surface area contributed by atoms with Gasteiger partial charge >= 0.3 is 0 Å². The Labute approximate surface area is 141 Å². The lowest BCUT2D eigenvalue weighted by atomic mass is 9.57. The molecule has 1 aromatic carbocycles. The van der Waals surface area contributed by atoms with Gasteiger partial charge < -0.3 is 0 Å². The molecule has 1 heterocycles. The van der Waals surface area contributed by atoms with Gasteiger partial charge in [-0.15, -0.1) is 0 Å². The van der Waals surface area contributed by atoms with E-state index in [2.05, 4.69) is 44.7 Å². The van der Waals surface area contributed by atoms with Gasteiger partial charge in [0.15, 0.2) is 0 Å². The van der Waals surface area contributed by atoms with Crippen LogP contribution in [0, 0.1) is 26.7 Å². The number of carbonyl (C=O) groups is 1. The minimum Gasteiger partial charge on any atom is -0.298 e. The summed E-state index contributed by atoms with van der Waals surface area (Å²) in [6.07, 6.45) is 5.92. The maximum absolute atomic E-state index is 12.6. The number of nitrogens with zero attached hydrogens (tertiary/aromatic N) is 1. The van der Waals surface area contributed by atoms with E-state index in [-0.39, 0.29) is 11.3 Å². The van der Waals surface area contributed by atoms with Crippen molar-refractivity contribution in [2.24, 2.45) is 5.92 Å². The monoisotopic (exact) mass is 313 g/mol. The third-order valence-corrected chi connectivity index (χ3v) is 5.96. The average Bonchev–Trinajstić information content (AvgIpc) is 2.44. The molecule has 2 aliphatic rings. The molecule has 3 rings (SSSR count). The Morgan fingerprint density at radius 1 is 1.09 bits per heavy atom. The topological polar surface area (TPSA) is 20.3 Å². The molecule has 1 saturated heterocycles. The summed E-state index contributed by atoms with van der Waals surface area (Å²) in [4.78, 5) is 15.0. The Balaban J connectivity index is 1.64. The molecule has 0 amide bonds. The Bertz CT molecular complexity index is 569. The number of Topliss-reactive ketones (excluding diaryl/α,β-unsaturated/α-hetero) is 1. The molecule has 1 aliphatic carbocycles. The minimum atomic E-state index is 0.199. The number of hydrogen-bond acceptors (Lipinski definition) is 2. The first-order chi connectivity index (χ1) is 10.9. The van der Waals surface area contributed by atoms with Gasteiger partial charge in [0.2, 0.25) is 0 Å². The summed E-state index contributed by atoms with van der Waals surface area (Å²) >= 11 is 0. The molecule has 1 aromatic rings. The normalized spacial score (nSPS) is 28.4. The van der Waals surface area contributed by atoms with Gasteiger partial charge in [0.1, 0.15) is 5.78 Å². The van der Waals surface area contributed by atoms with Crippen LogP contribution in [-0.2, 0) is 10.2 Å². The predicted octanol–water partition coefficient (Wildman–Crippen LogP) is 4.33. The largest absolute Gasteiger partial charge is 0.298 e. The van der Waals surface area contributed by atoms with Gasteiger partial charge in [0.05, 0.1) is 6.54 Å². The third kappa shape index (κ3) is 3.38. The van der Waals surface area contributed by atoms with Crippen LogP contribution in [0.2, 0.25) is 0 Å². The van der Waals surface area contributed by atoms with Crippen molar-refractivity contribution in [2.45, 2.75) is 65.2 Å². The van der Waals surface area contributed by atoms with Crippen LogP contribution < -0.4 is 0 Å². The summed E-state index contributed by atoms with van der Waals surface area (Å²) in [5.74, 6) is 0.758. The molecular formula is C21H31NO. The molecule has 126 valence electrons. The average molecular weight is 313 g/mol. The third-order valence-electron chi connectivity index (χ3n) is 5.96. The second kappa shape index (κ2) is 6.39. The van der Waals surface area contributed by atoms with Crippen molar-refractivity contribution >= 4 is 5.78 Å². The maximum atomic E-state index is 12.6. The molecule has 2 heteroatoms. The number of aryl methyl sites for hydroxylation is 3. The van der Waals surface area contributed by atoms with Crippen molar-refractivity contribution in [1.82, 2.24) is 4.90 Å². The van der Waals surface area contributed by atoms with Gasteiger partial charge in [0.25, 0.3) is 0 Å². The Kier molecular flexibility index (Phi) is 4.64. The van der Waals surface area contributed by atoms with Gasteiger partial charge in [-0.3, -0.25) is 9.69 Å². The van der Waals surface area contributed by atoms with Crippen LogP contribution >= 0.6 is 0 Å². The summed E-state index contributed by atoms with van der Waals surface area (Å²) < 4.78 is 0. The second-order valence-corrected chi connectivity index (χ2v) is 8.24. The first kappa shape index (κ1) is 16.7. The van der Waals surface area contributed by atoms with Gasteiger partial charge in [-0.05, 0) is 81.6 Å². The standard InChI is InChI=1S/C21H31NO/c1-15-10-16(2)20(17(3)11-15)21(4)12-18(13-21)19(23)14-22-8-6-5-7-9-22/h10-11,18H,5-9,12-14H2,1-4H3. The van der Waals surface area contributed by atoms with E-state index in [4.69, 9.17) is 0 Å². The summed E-state index contributed by atoms with van der Waals surface area (Å²) in [6, 6.07) is 4.58. The van der Waals surface area contributed by atoms with Crippen molar-refractivity contribution in [2.75, 3.05) is 19.6 Å². The molecule has 0 unspecified atom stereocenters. The van der Waals surface area contributed by atoms with E-state index in [1.807, 2.05) is 0 Å². The molecule has 0 aromatic heterocycles. The molecule has 0 N–H and O–H groups in total. The van der Waals surface area contributed by atoms with E-state index in [0.717, 1.165) is 25.9 Å². The minimum absolute atomic E-state index is 0.199. The highest BCUT2D eigenvalue weighted by Gasteiger charge is 2.46. The summed E-state index contributed by atoms with van der Waals surface area (Å²) in [5, 5.41) is 0. The zero-order valence-electron chi connectivity index (χ0n) is 15.2. The van der Waals surface area contributed by atoms with E-state index in [9.17, 15) is 4.79 Å². The molecular weight excluding hydrogens is 282 g/mol. The van der Waals surface area contributed by atoms with E-state index < -0.39 is 0 Å². The molecule has 0 atom stereocenters. The van der Waals surface area contributed by atoms with Crippen molar-refractivity contribution in [3.63, 3.8) is 0 Å². The lowest BCUT2D eigenvalue weighted by Crippen LogP contribution is -2.47. The highest BCUT2D eigenvalue weighted by molar-refractivity contribution is 5.84. The predicted molar refractivity (Wildman–Crippen MR) is 96.0 cm³/mol. The Morgan fingerprint density at radius 2 is 1.65 bits per heavy atom. The fraction of sp³-hybridized carbons (Fsp3) is 0.667. The van der Waals surface area contributed by atoms with Crippen molar-refractivity contribution in [3.05, 3.63) is 34.4 Å². The number of piperidine rings is 1. The first-order valence-corrected chi connectivity index (χ1v) is 9.22. The van der Waals surface area contributed by atoms with Gasteiger partial charge in [0, 0.05) is 5.92 Å². The zero-order valence-corrected chi connectivity index (χ0v) is 15.2. The van der Waals surface area contributed by atoms with E-state index >= 15 is 0 Å². The lowest BCUT2D eigenvalue weighted by molar-refractivity contribution is -0.128. The number of hydrogen-bond donors (Lipinski definition) is 0. The van der Waals surface area contributed by atoms with Gasteiger partial charge in [-0.2, -0.15) is 0 Å². The number of likely N-dealkylation sites (tertiary alicyclic amines) is 1. The Morgan fingerprint density at radius 3 is 2.22 bits per heavy atom. The highest BCUT2D eigenvalue weighted by Crippen LogP contribution is 2.50. The van der Waals surface area contributed by atoms with E-state index in [1.54, 1.807) is 0 Å². The van der Waals surface area contributed by atoms with Crippen LogP contribution in [0.25, 0.3) is 0 Å². The van der Waals surface area contributed by atoms with Gasteiger partial charge in [-0.25, -0.2) is 0 Å². The van der Waals surface area contributed by atoms with E-state index in [1.165, 1.54) is 41.5 Å². The molecule has 0 spiro atoms. The van der Waals surface area contributed by atoms with Crippen molar-refractivity contribution in [3.8, 4) is 0 Å². The number of carbonyl (C=O) groups excluding carboxylic acids is 1. The number of benzene rings is 1. The molecule has 0 radical (unpaired) electrons. The zero-order chi connectivity index (χ0) is 16.6. The summed E-state index contributed by atoms with van der Waals surface area (Å²) in [6.45, 7) is 11.9. The lowest BCUT2D eigenvalue weighted by Gasteiger charge is -2.47. The SMILES string of the molecule is Cc1cc(C)c(C2(C)CC(C(=O)CN3CCCCC3)C2)c(C)c1. The molecule has 1 aliphatic heterocycles. The maximum Gasteiger partial charge on any atom is 0.149 e. The molecule has 2 nitrogen and oxygen atoms in total. The van der Waals surface area contributed by atoms with Gasteiger partial charge in [-0.1, -0.05) is 31.0 Å². The van der Waals surface area contributed by atoms with Crippen LogP contribution in [0.5, 0.6) is 0 Å². The van der Waals surface area contributed by atoms with Crippen molar-refractivity contribution < 1.29 is 4.79 Å². The fourth-order valence-electron chi connectivity index (χ4n) is 5.06. The Hall–Kier alpha value is -1.15. The van der Waals surface area contributed by atoms with Crippen LogP contribution in [0.4, 0.5) is 0 Å². The summed E-state index contributed by atoms with van der Waals surface area (Å²) in [7, 11) is 0. The van der Waals surface area contributed by atoms with Crippen molar-refractivity contribution in [1.29, 1.82) is 0 Å². The van der Waals surface area contributed by atoms with Crippen LogP contribution in [-0.4, -0.2) is 30.3 Å². The quantitative estimate of drug-likeness (QED) is 0.824. The molecule has 23 heavy (non-hydrogen) atoms. The van der Waals surface area contributed by atoms with Crippen LogP contribution in [0.3, 0.4) is 0 Å². The van der Waals surface area contributed by atoms with Crippen LogP contribution in [0.15, 0.2) is 12.1 Å². The number of ketones is 1. The summed E-state index contributed by atoms with van der Waals surface area (Å²) in [5.41, 5.74) is 5.82. The van der Waals surface area contributed by atoms with E-state index in [0.29, 0.717) is 12.3 Å². The smallest absolute Gasteiger partial charge is 0.149 e. The highest BCUT2D eigenvalue weighted by atomic mass is 16.1. The molecule has 0 bridgehead atoms. The molecule has 1 saturated carbocycles. The number of rotatable bonds is 4. The fourth-order valence-corrected chi connectivity index (χ4v) is 5.06. The van der Waals surface area contributed by atoms with Crippen LogP contribution in [0.1, 0.15) is 61.3 Å². The molecule has 2 fully saturated rings.